The molecule has 0 amide bonds. The van der Waals surface area contributed by atoms with Crippen LogP contribution in [0.4, 0.5) is 0 Å². The lowest BCUT2D eigenvalue weighted by Crippen LogP contribution is -2.54. The number of hydrogen-bond acceptors (Lipinski definition) is 0. The van der Waals surface area contributed by atoms with Gasteiger partial charge in [-0.15, -0.1) is 0 Å². The molecule has 5 aliphatic rings. The van der Waals surface area contributed by atoms with E-state index in [1.54, 1.807) is 57.8 Å². The van der Waals surface area contributed by atoms with Crippen molar-refractivity contribution in [2.24, 2.45) is 46.3 Å². The molecule has 5 aliphatic carbocycles. The minimum Gasteiger partial charge on any atom is -0.0622 e. The first-order chi connectivity index (χ1) is 10.2. The standard InChI is InChI=1S/C21H34/c1-14-13-15-7-3-4-8-16(15)20(2)11-6-12-21(19(14)20)17-9-5-10-18(17)21/h14-19H,3-13H2,1-2H3. The molecule has 0 aromatic carbocycles. The monoisotopic (exact) mass is 286 g/mol. The van der Waals surface area contributed by atoms with Gasteiger partial charge in [0.15, 0.2) is 0 Å². The van der Waals surface area contributed by atoms with E-state index in [2.05, 4.69) is 13.8 Å². The van der Waals surface area contributed by atoms with E-state index in [-0.39, 0.29) is 0 Å². The third kappa shape index (κ3) is 1.53. The highest BCUT2D eigenvalue weighted by molar-refractivity contribution is 5.22. The molecule has 0 bridgehead atoms. The second-order valence-electron chi connectivity index (χ2n) is 9.96. The molecule has 0 heterocycles. The van der Waals surface area contributed by atoms with Gasteiger partial charge in [-0.25, -0.2) is 0 Å². The number of fused-ring (bicyclic) bond motifs is 7. The van der Waals surface area contributed by atoms with Crippen molar-refractivity contribution >= 4 is 0 Å². The topological polar surface area (TPSA) is 0 Å². The van der Waals surface area contributed by atoms with Crippen LogP contribution in [-0.4, -0.2) is 0 Å². The zero-order valence-electron chi connectivity index (χ0n) is 14.2. The van der Waals surface area contributed by atoms with E-state index in [4.69, 9.17) is 0 Å². The first-order valence-electron chi connectivity index (χ1n) is 10.2. The van der Waals surface area contributed by atoms with Crippen LogP contribution in [0.5, 0.6) is 0 Å². The van der Waals surface area contributed by atoms with Crippen LogP contribution in [0.2, 0.25) is 0 Å². The molecule has 0 heteroatoms. The van der Waals surface area contributed by atoms with Gasteiger partial charge in [0, 0.05) is 0 Å². The van der Waals surface area contributed by atoms with Gasteiger partial charge in [0.05, 0.1) is 0 Å². The lowest BCUT2D eigenvalue weighted by molar-refractivity contribution is -0.127. The molecular formula is C21H34. The maximum absolute atomic E-state index is 2.77. The molecule has 5 saturated carbocycles. The minimum absolute atomic E-state index is 0.728. The summed E-state index contributed by atoms with van der Waals surface area (Å²) >= 11 is 0. The van der Waals surface area contributed by atoms with Crippen LogP contribution in [-0.2, 0) is 0 Å². The second kappa shape index (κ2) is 4.30. The van der Waals surface area contributed by atoms with E-state index in [1.165, 1.54) is 24.7 Å². The van der Waals surface area contributed by atoms with Crippen LogP contribution in [0.3, 0.4) is 0 Å². The maximum atomic E-state index is 2.77. The largest absolute Gasteiger partial charge is 0.0622 e. The van der Waals surface area contributed by atoms with Crippen molar-refractivity contribution in [3.8, 4) is 0 Å². The fourth-order valence-electron chi connectivity index (χ4n) is 9.23. The third-order valence-electron chi connectivity index (χ3n) is 9.40. The van der Waals surface area contributed by atoms with Crippen molar-refractivity contribution in [2.75, 3.05) is 0 Å². The second-order valence-corrected chi connectivity index (χ2v) is 9.96. The van der Waals surface area contributed by atoms with Gasteiger partial charge in [-0.1, -0.05) is 46.0 Å². The molecule has 5 rings (SSSR count). The SMILES string of the molecule is CC1CC2CCCCC2C2(C)CCCC3(C4CCCC43)C12. The van der Waals surface area contributed by atoms with Crippen LogP contribution >= 0.6 is 0 Å². The van der Waals surface area contributed by atoms with Crippen molar-refractivity contribution in [3.05, 3.63) is 0 Å². The Labute approximate surface area is 131 Å². The molecule has 0 nitrogen and oxygen atoms in total. The molecule has 5 fully saturated rings. The van der Waals surface area contributed by atoms with Gasteiger partial charge < -0.3 is 0 Å². The first kappa shape index (κ1) is 13.4. The van der Waals surface area contributed by atoms with E-state index in [1.807, 2.05) is 0 Å². The summed E-state index contributed by atoms with van der Waals surface area (Å²) in [6.45, 7) is 5.43. The van der Waals surface area contributed by atoms with Crippen molar-refractivity contribution in [1.82, 2.24) is 0 Å². The number of rotatable bonds is 0. The van der Waals surface area contributed by atoms with E-state index < -0.39 is 0 Å². The zero-order valence-corrected chi connectivity index (χ0v) is 14.2. The van der Waals surface area contributed by atoms with Crippen molar-refractivity contribution in [3.63, 3.8) is 0 Å². The summed E-state index contributed by atoms with van der Waals surface area (Å²) in [5.41, 5.74) is 1.58. The molecule has 0 radical (unpaired) electrons. The Morgan fingerprint density at radius 2 is 1.48 bits per heavy atom. The minimum atomic E-state index is 0.728. The molecular weight excluding hydrogens is 252 g/mol. The van der Waals surface area contributed by atoms with Crippen LogP contribution in [0.15, 0.2) is 0 Å². The Balaban J connectivity index is 1.54. The summed E-state index contributed by atoms with van der Waals surface area (Å²) in [6.07, 6.45) is 17.3. The van der Waals surface area contributed by atoms with Crippen LogP contribution in [0, 0.1) is 46.3 Å². The maximum Gasteiger partial charge on any atom is -0.0199 e. The van der Waals surface area contributed by atoms with Gasteiger partial charge >= 0.3 is 0 Å². The van der Waals surface area contributed by atoms with E-state index >= 15 is 0 Å². The van der Waals surface area contributed by atoms with Crippen molar-refractivity contribution in [1.29, 1.82) is 0 Å². The molecule has 0 saturated heterocycles. The lowest BCUT2D eigenvalue weighted by atomic mass is 9.43. The smallest absolute Gasteiger partial charge is 0.0199 e. The van der Waals surface area contributed by atoms with E-state index in [9.17, 15) is 0 Å². The van der Waals surface area contributed by atoms with Gasteiger partial charge in [-0.3, -0.25) is 0 Å². The summed E-state index contributed by atoms with van der Waals surface area (Å²) in [4.78, 5) is 0. The quantitative estimate of drug-likeness (QED) is 0.508. The molecule has 0 aliphatic heterocycles. The van der Waals surface area contributed by atoms with Crippen molar-refractivity contribution in [2.45, 2.75) is 84.5 Å². The highest BCUT2D eigenvalue weighted by Crippen LogP contribution is 2.80. The predicted molar refractivity (Wildman–Crippen MR) is 87.9 cm³/mol. The zero-order chi connectivity index (χ0) is 14.2. The molecule has 0 N–H and O–H groups in total. The summed E-state index contributed by atoms with van der Waals surface area (Å²) < 4.78 is 0. The molecule has 7 unspecified atom stereocenters. The molecule has 21 heavy (non-hydrogen) atoms. The summed E-state index contributed by atoms with van der Waals surface area (Å²) in [5, 5.41) is 0. The highest BCUT2D eigenvalue weighted by Gasteiger charge is 2.74. The van der Waals surface area contributed by atoms with Crippen LogP contribution in [0.1, 0.15) is 84.5 Å². The Morgan fingerprint density at radius 1 is 0.762 bits per heavy atom. The molecule has 7 atom stereocenters. The molecule has 0 aromatic heterocycles. The average molecular weight is 287 g/mol. The Morgan fingerprint density at radius 3 is 2.29 bits per heavy atom. The van der Waals surface area contributed by atoms with Crippen molar-refractivity contribution < 1.29 is 0 Å². The Hall–Kier alpha value is 0. The Bertz CT molecular complexity index is 427. The molecule has 0 aromatic rings. The van der Waals surface area contributed by atoms with E-state index in [0.29, 0.717) is 0 Å². The van der Waals surface area contributed by atoms with Gasteiger partial charge in [-0.05, 0) is 84.9 Å². The highest BCUT2D eigenvalue weighted by atomic mass is 14.8. The Kier molecular flexibility index (Phi) is 2.75. The molecule has 1 spiro atoms. The predicted octanol–water partition coefficient (Wildman–Crippen LogP) is 6.06. The van der Waals surface area contributed by atoms with Crippen LogP contribution < -0.4 is 0 Å². The lowest BCUT2D eigenvalue weighted by Gasteiger charge is -2.61. The normalized spacial score (nSPS) is 62.0. The first-order valence-corrected chi connectivity index (χ1v) is 10.2. The number of hydrogen-bond donors (Lipinski definition) is 0. The van der Waals surface area contributed by atoms with Gasteiger partial charge in [0.2, 0.25) is 0 Å². The fourth-order valence-corrected chi connectivity index (χ4v) is 9.23. The van der Waals surface area contributed by atoms with Gasteiger partial charge in [0.25, 0.3) is 0 Å². The summed E-state index contributed by atoms with van der Waals surface area (Å²) in [5.74, 6) is 6.68. The summed E-state index contributed by atoms with van der Waals surface area (Å²) in [6, 6.07) is 0. The van der Waals surface area contributed by atoms with E-state index in [0.717, 1.165) is 34.5 Å². The van der Waals surface area contributed by atoms with Gasteiger partial charge in [-0.2, -0.15) is 0 Å². The summed E-state index contributed by atoms with van der Waals surface area (Å²) in [7, 11) is 0. The molecule has 118 valence electrons. The third-order valence-corrected chi connectivity index (χ3v) is 9.40. The fraction of sp³-hybridized carbons (Fsp3) is 1.00. The average Bonchev–Trinajstić information content (AvgIpc) is 2.87. The van der Waals surface area contributed by atoms with Crippen LogP contribution in [0.25, 0.3) is 0 Å². The van der Waals surface area contributed by atoms with Gasteiger partial charge in [0.1, 0.15) is 0 Å².